The summed E-state index contributed by atoms with van der Waals surface area (Å²) in [6, 6.07) is 4.24. The molecule has 5 nitrogen and oxygen atoms in total. The average Bonchev–Trinajstić information content (AvgIpc) is 2.83. The first-order valence-electron chi connectivity index (χ1n) is 7.01. The van der Waals surface area contributed by atoms with Crippen LogP contribution in [-0.4, -0.2) is 41.0 Å². The molecule has 1 aromatic rings. The van der Waals surface area contributed by atoms with Gasteiger partial charge in [0, 0.05) is 24.8 Å². The Kier molecular flexibility index (Phi) is 3.38. The molecule has 0 bridgehead atoms. The fourth-order valence-electron chi connectivity index (χ4n) is 3.27. The van der Waals surface area contributed by atoms with Gasteiger partial charge in [0.15, 0.2) is 0 Å². The Morgan fingerprint density at radius 1 is 1.37 bits per heavy atom. The SMILES string of the molecule is Nc1ncccc1C(=O)NC1CCN2CCCCC12. The van der Waals surface area contributed by atoms with Crippen molar-refractivity contribution in [2.75, 3.05) is 18.8 Å². The monoisotopic (exact) mass is 260 g/mol. The highest BCUT2D eigenvalue weighted by molar-refractivity contribution is 5.98. The van der Waals surface area contributed by atoms with Gasteiger partial charge in [-0.2, -0.15) is 0 Å². The zero-order chi connectivity index (χ0) is 13.2. The lowest BCUT2D eigenvalue weighted by atomic mass is 9.99. The zero-order valence-electron chi connectivity index (χ0n) is 11.0. The lowest BCUT2D eigenvalue weighted by molar-refractivity contribution is 0.0916. The second-order valence-electron chi connectivity index (χ2n) is 5.40. The molecule has 3 N–H and O–H groups in total. The van der Waals surface area contributed by atoms with Gasteiger partial charge in [-0.15, -0.1) is 0 Å². The summed E-state index contributed by atoms with van der Waals surface area (Å²) in [5.74, 6) is 0.210. The molecule has 1 amide bonds. The number of hydrogen-bond donors (Lipinski definition) is 2. The predicted molar refractivity (Wildman–Crippen MR) is 73.7 cm³/mol. The summed E-state index contributed by atoms with van der Waals surface area (Å²) in [6.45, 7) is 2.27. The van der Waals surface area contributed by atoms with Crippen molar-refractivity contribution in [2.24, 2.45) is 0 Å². The maximum atomic E-state index is 12.2. The predicted octanol–water partition coefficient (Wildman–Crippen LogP) is 1.02. The van der Waals surface area contributed by atoms with Crippen molar-refractivity contribution >= 4 is 11.7 Å². The van der Waals surface area contributed by atoms with Crippen LogP contribution in [0.15, 0.2) is 18.3 Å². The van der Waals surface area contributed by atoms with Gasteiger partial charge in [0.2, 0.25) is 0 Å². The smallest absolute Gasteiger partial charge is 0.255 e. The minimum Gasteiger partial charge on any atom is -0.383 e. The number of rotatable bonds is 2. The number of amides is 1. The Labute approximate surface area is 113 Å². The van der Waals surface area contributed by atoms with Gasteiger partial charge in [0.25, 0.3) is 5.91 Å². The minimum absolute atomic E-state index is 0.0944. The van der Waals surface area contributed by atoms with Crippen LogP contribution < -0.4 is 11.1 Å². The van der Waals surface area contributed by atoms with Crippen molar-refractivity contribution in [3.63, 3.8) is 0 Å². The summed E-state index contributed by atoms with van der Waals surface area (Å²) in [4.78, 5) is 18.7. The van der Waals surface area contributed by atoms with Crippen LogP contribution in [0, 0.1) is 0 Å². The molecule has 2 atom stereocenters. The van der Waals surface area contributed by atoms with Crippen molar-refractivity contribution in [3.8, 4) is 0 Å². The van der Waals surface area contributed by atoms with E-state index < -0.39 is 0 Å². The van der Waals surface area contributed by atoms with Crippen LogP contribution in [0.2, 0.25) is 0 Å². The molecule has 2 aliphatic heterocycles. The zero-order valence-corrected chi connectivity index (χ0v) is 11.0. The van der Waals surface area contributed by atoms with Gasteiger partial charge in [-0.3, -0.25) is 9.69 Å². The van der Waals surface area contributed by atoms with Crippen LogP contribution in [-0.2, 0) is 0 Å². The first kappa shape index (κ1) is 12.4. The molecule has 2 unspecified atom stereocenters. The van der Waals surface area contributed by atoms with E-state index in [1.165, 1.54) is 25.8 Å². The topological polar surface area (TPSA) is 71.2 Å². The number of anilines is 1. The van der Waals surface area contributed by atoms with Crippen molar-refractivity contribution < 1.29 is 4.79 Å². The molecular formula is C14H20N4O. The van der Waals surface area contributed by atoms with E-state index in [0.29, 0.717) is 17.4 Å². The van der Waals surface area contributed by atoms with Crippen LogP contribution in [0.1, 0.15) is 36.0 Å². The first-order chi connectivity index (χ1) is 9.25. The molecule has 0 aliphatic carbocycles. The van der Waals surface area contributed by atoms with Crippen LogP contribution in [0.5, 0.6) is 0 Å². The molecule has 102 valence electrons. The number of fused-ring (bicyclic) bond motifs is 1. The van der Waals surface area contributed by atoms with Crippen LogP contribution in [0.25, 0.3) is 0 Å². The largest absolute Gasteiger partial charge is 0.383 e. The summed E-state index contributed by atoms with van der Waals surface area (Å²) in [7, 11) is 0. The van der Waals surface area contributed by atoms with Crippen LogP contribution >= 0.6 is 0 Å². The van der Waals surface area contributed by atoms with Gasteiger partial charge < -0.3 is 11.1 Å². The summed E-state index contributed by atoms with van der Waals surface area (Å²) in [6.07, 6.45) is 6.38. The fourth-order valence-corrected chi connectivity index (χ4v) is 3.27. The Bertz CT molecular complexity index is 476. The van der Waals surface area contributed by atoms with Crippen molar-refractivity contribution in [1.82, 2.24) is 15.2 Å². The third-order valence-electron chi connectivity index (χ3n) is 4.26. The number of hydrogen-bond acceptors (Lipinski definition) is 4. The number of carbonyl (C=O) groups excluding carboxylic acids is 1. The number of nitrogens with one attached hydrogen (secondary N) is 1. The van der Waals surface area contributed by atoms with E-state index >= 15 is 0 Å². The molecule has 0 radical (unpaired) electrons. The summed E-state index contributed by atoms with van der Waals surface area (Å²) in [5, 5.41) is 3.13. The molecule has 0 saturated carbocycles. The van der Waals surface area contributed by atoms with Gasteiger partial charge in [-0.05, 0) is 37.9 Å². The third kappa shape index (κ3) is 2.42. The second-order valence-corrected chi connectivity index (χ2v) is 5.40. The van der Waals surface area contributed by atoms with Gasteiger partial charge in [0.05, 0.1) is 5.56 Å². The lowest BCUT2D eigenvalue weighted by Gasteiger charge is -2.32. The van der Waals surface area contributed by atoms with Crippen LogP contribution in [0.4, 0.5) is 5.82 Å². The second kappa shape index (κ2) is 5.17. The third-order valence-corrected chi connectivity index (χ3v) is 4.26. The van der Waals surface area contributed by atoms with Crippen molar-refractivity contribution in [2.45, 2.75) is 37.8 Å². The molecule has 19 heavy (non-hydrogen) atoms. The average molecular weight is 260 g/mol. The molecule has 3 rings (SSSR count). The highest BCUT2D eigenvalue weighted by Crippen LogP contribution is 2.27. The molecular weight excluding hydrogens is 240 g/mol. The van der Waals surface area contributed by atoms with Gasteiger partial charge >= 0.3 is 0 Å². The molecule has 2 aliphatic rings. The number of pyridine rings is 1. The lowest BCUT2D eigenvalue weighted by Crippen LogP contribution is -2.46. The molecule has 2 fully saturated rings. The van der Waals surface area contributed by atoms with E-state index in [1.807, 2.05) is 0 Å². The minimum atomic E-state index is -0.0944. The Morgan fingerprint density at radius 2 is 2.26 bits per heavy atom. The standard InChI is InChI=1S/C14H20N4O/c15-13-10(4-3-7-16-13)14(19)17-11-6-9-18-8-2-1-5-12(11)18/h3-4,7,11-12H,1-2,5-6,8-9H2,(H2,15,16)(H,17,19). The maximum Gasteiger partial charge on any atom is 0.255 e. The quantitative estimate of drug-likeness (QED) is 0.833. The summed E-state index contributed by atoms with van der Waals surface area (Å²) >= 11 is 0. The summed E-state index contributed by atoms with van der Waals surface area (Å²) < 4.78 is 0. The Morgan fingerprint density at radius 3 is 3.11 bits per heavy atom. The molecule has 0 spiro atoms. The molecule has 3 heterocycles. The molecule has 2 saturated heterocycles. The first-order valence-corrected chi connectivity index (χ1v) is 7.01. The fraction of sp³-hybridized carbons (Fsp3) is 0.571. The number of carbonyl (C=O) groups is 1. The van der Waals surface area contributed by atoms with E-state index in [2.05, 4.69) is 15.2 Å². The van der Waals surface area contributed by atoms with E-state index in [0.717, 1.165) is 13.0 Å². The molecule has 5 heteroatoms. The van der Waals surface area contributed by atoms with Crippen LogP contribution in [0.3, 0.4) is 0 Å². The van der Waals surface area contributed by atoms with E-state index in [4.69, 9.17) is 5.73 Å². The number of piperidine rings is 1. The van der Waals surface area contributed by atoms with Gasteiger partial charge in [-0.1, -0.05) is 6.42 Å². The Hall–Kier alpha value is -1.62. The maximum absolute atomic E-state index is 12.2. The number of nitrogens with two attached hydrogens (primary N) is 1. The highest BCUT2D eigenvalue weighted by Gasteiger charge is 2.36. The van der Waals surface area contributed by atoms with Gasteiger partial charge in [-0.25, -0.2) is 4.98 Å². The Balaban J connectivity index is 1.68. The van der Waals surface area contributed by atoms with E-state index in [-0.39, 0.29) is 11.9 Å². The number of aromatic nitrogens is 1. The van der Waals surface area contributed by atoms with Crippen molar-refractivity contribution in [3.05, 3.63) is 23.9 Å². The van der Waals surface area contributed by atoms with Crippen molar-refractivity contribution in [1.29, 1.82) is 0 Å². The van der Waals surface area contributed by atoms with E-state index in [1.54, 1.807) is 18.3 Å². The molecule has 1 aromatic heterocycles. The molecule has 0 aromatic carbocycles. The number of nitrogen functional groups attached to an aromatic ring is 1. The van der Waals surface area contributed by atoms with Gasteiger partial charge in [0.1, 0.15) is 5.82 Å². The summed E-state index contributed by atoms with van der Waals surface area (Å²) in [5.41, 5.74) is 6.23. The number of nitrogens with zero attached hydrogens (tertiary/aromatic N) is 2. The van der Waals surface area contributed by atoms with E-state index in [9.17, 15) is 4.79 Å². The highest BCUT2D eigenvalue weighted by atomic mass is 16.1. The normalized spacial score (nSPS) is 26.9.